The van der Waals surface area contributed by atoms with E-state index in [1.54, 1.807) is 83.1 Å². The van der Waals surface area contributed by atoms with Gasteiger partial charge in [0.1, 0.15) is 35.6 Å². The first kappa shape index (κ1) is 42.9. The summed E-state index contributed by atoms with van der Waals surface area (Å²) in [5.74, 6) is -5.36. The van der Waals surface area contributed by atoms with Crippen molar-refractivity contribution in [3.63, 3.8) is 0 Å². The van der Waals surface area contributed by atoms with E-state index >= 15 is 0 Å². The maximum Gasteiger partial charge on any atom is 0.408 e. The highest BCUT2D eigenvalue weighted by atomic mass is 16.6. The van der Waals surface area contributed by atoms with Crippen LogP contribution >= 0.6 is 0 Å². The van der Waals surface area contributed by atoms with Crippen LogP contribution in [-0.2, 0) is 38.1 Å². The fourth-order valence-electron chi connectivity index (χ4n) is 9.56. The Morgan fingerprint density at radius 2 is 1.55 bits per heavy atom. The molecule has 2 aromatic rings. The van der Waals surface area contributed by atoms with Gasteiger partial charge in [0.05, 0.1) is 35.6 Å². The number of Topliss-reactive ketones (excluding diaryl/α,β-unsaturated/α-hetero) is 1. The van der Waals surface area contributed by atoms with Crippen molar-refractivity contribution in [2.45, 2.75) is 128 Å². The molecule has 1 heterocycles. The minimum atomic E-state index is -2.35. The van der Waals surface area contributed by atoms with Crippen molar-refractivity contribution < 1.29 is 68.1 Å². The number of aliphatic hydroxyl groups is 4. The molecular formula is C43H53NO14. The van der Waals surface area contributed by atoms with Crippen LogP contribution in [0.15, 0.2) is 71.8 Å². The van der Waals surface area contributed by atoms with Crippen LogP contribution in [0.3, 0.4) is 0 Å². The fourth-order valence-corrected chi connectivity index (χ4v) is 9.56. The van der Waals surface area contributed by atoms with E-state index in [0.29, 0.717) is 5.56 Å². The van der Waals surface area contributed by atoms with Crippen molar-refractivity contribution in [2.24, 2.45) is 16.7 Å². The Hall–Kier alpha value is -4.67. The van der Waals surface area contributed by atoms with Crippen LogP contribution in [0.25, 0.3) is 0 Å². The lowest BCUT2D eigenvalue weighted by Gasteiger charge is -2.67. The highest BCUT2D eigenvalue weighted by molar-refractivity contribution is 5.94. The average Bonchev–Trinajstić information content (AvgIpc) is 3.14. The molecular weight excluding hydrogens is 754 g/mol. The Morgan fingerprint density at radius 3 is 2.10 bits per heavy atom. The van der Waals surface area contributed by atoms with Crippen LogP contribution in [0.5, 0.6) is 0 Å². The Bertz CT molecular complexity index is 1980. The van der Waals surface area contributed by atoms with Crippen LogP contribution in [0.1, 0.15) is 90.2 Å². The summed E-state index contributed by atoms with van der Waals surface area (Å²) in [5, 5.41) is 51.6. The van der Waals surface area contributed by atoms with E-state index in [0.717, 1.165) is 6.92 Å². The van der Waals surface area contributed by atoms with E-state index in [-0.39, 0.29) is 29.7 Å². The molecule has 3 fully saturated rings. The predicted octanol–water partition coefficient (Wildman–Crippen LogP) is 3.26. The molecule has 314 valence electrons. The number of carbonyl (C=O) groups excluding carboxylic acids is 5. The average molecular weight is 808 g/mol. The zero-order valence-electron chi connectivity index (χ0n) is 33.9. The van der Waals surface area contributed by atoms with Gasteiger partial charge in [-0.2, -0.15) is 0 Å². The van der Waals surface area contributed by atoms with E-state index in [9.17, 15) is 44.4 Å². The summed E-state index contributed by atoms with van der Waals surface area (Å²) in [6.07, 6.45) is -11.5. The normalized spacial score (nSPS) is 33.7. The summed E-state index contributed by atoms with van der Waals surface area (Å²) >= 11 is 0. The van der Waals surface area contributed by atoms with Gasteiger partial charge in [-0.1, -0.05) is 62.4 Å². The third-order valence-corrected chi connectivity index (χ3v) is 12.6. The quantitative estimate of drug-likeness (QED) is 0.147. The van der Waals surface area contributed by atoms with Gasteiger partial charge >= 0.3 is 24.0 Å². The number of aliphatic hydroxyl groups excluding tert-OH is 3. The largest absolute Gasteiger partial charge is 0.456 e. The van der Waals surface area contributed by atoms with Crippen molar-refractivity contribution in [3.05, 3.63) is 82.9 Å². The smallest absolute Gasteiger partial charge is 0.408 e. The van der Waals surface area contributed by atoms with Crippen molar-refractivity contribution in [1.29, 1.82) is 0 Å². The lowest BCUT2D eigenvalue weighted by Crippen LogP contribution is -2.81. The number of nitrogens with one attached hydrogen (secondary N) is 1. The van der Waals surface area contributed by atoms with Crippen molar-refractivity contribution in [2.75, 3.05) is 6.61 Å². The van der Waals surface area contributed by atoms with Gasteiger partial charge in [-0.05, 0) is 63.5 Å². The lowest BCUT2D eigenvalue weighted by atomic mass is 9.44. The maximum absolute atomic E-state index is 14.9. The van der Waals surface area contributed by atoms with Crippen LogP contribution in [0, 0.1) is 16.7 Å². The number of amides is 1. The molecule has 0 aromatic heterocycles. The predicted molar refractivity (Wildman–Crippen MR) is 204 cm³/mol. The fraction of sp³-hybridized carbons (Fsp3) is 0.558. The third kappa shape index (κ3) is 7.10. The molecule has 0 radical (unpaired) electrons. The van der Waals surface area contributed by atoms with E-state index in [1.807, 2.05) is 0 Å². The molecule has 6 rings (SSSR count). The molecule has 1 saturated heterocycles. The topological polar surface area (TPSA) is 224 Å². The Kier molecular flexibility index (Phi) is 11.2. The molecule has 2 saturated carbocycles. The summed E-state index contributed by atoms with van der Waals surface area (Å²) in [4.78, 5) is 68.9. The second-order valence-corrected chi connectivity index (χ2v) is 17.6. The highest BCUT2D eigenvalue weighted by Crippen LogP contribution is 2.64. The number of benzene rings is 2. The van der Waals surface area contributed by atoms with E-state index < -0.39 is 112 Å². The zero-order chi connectivity index (χ0) is 42.7. The first-order valence-corrected chi connectivity index (χ1v) is 19.3. The summed E-state index contributed by atoms with van der Waals surface area (Å²) in [6, 6.07) is 14.6. The van der Waals surface area contributed by atoms with E-state index in [1.165, 1.54) is 26.0 Å². The SMILES string of the molecule is CC(=O)O[C@]12CO[C@H]1C[C@@H](O)[C@]1(C)C(=O)[C@@H](O)C3=C(C)[C@H](OC(=O)C(O)C(NC(=O)OC(C)(C)C)c4ccccc4)C[C@](O)([C@H](OC(=O)c4ccccc4)[C@@H]21)C3(C)C. The number of hydrogen-bond donors (Lipinski definition) is 5. The zero-order valence-corrected chi connectivity index (χ0v) is 33.9. The number of carbonyl (C=O) groups is 5. The summed E-state index contributed by atoms with van der Waals surface area (Å²) in [7, 11) is 0. The molecule has 4 aliphatic rings. The Balaban J connectivity index is 1.49. The molecule has 15 heteroatoms. The molecule has 0 spiro atoms. The molecule has 1 aliphatic heterocycles. The number of fused-ring (bicyclic) bond motifs is 5. The second-order valence-electron chi connectivity index (χ2n) is 17.6. The van der Waals surface area contributed by atoms with Crippen molar-refractivity contribution >= 4 is 29.8 Å². The van der Waals surface area contributed by atoms with Crippen molar-refractivity contribution in [1.82, 2.24) is 5.32 Å². The van der Waals surface area contributed by atoms with Crippen LogP contribution in [-0.4, -0.2) is 110 Å². The number of ketones is 1. The maximum atomic E-state index is 14.9. The van der Waals surface area contributed by atoms with Crippen LogP contribution in [0.2, 0.25) is 0 Å². The number of rotatable bonds is 8. The minimum Gasteiger partial charge on any atom is -0.456 e. The molecule has 3 aliphatic carbocycles. The van der Waals surface area contributed by atoms with Gasteiger partial charge in [0.15, 0.2) is 17.5 Å². The van der Waals surface area contributed by atoms with E-state index in [2.05, 4.69) is 5.32 Å². The van der Waals surface area contributed by atoms with Crippen LogP contribution in [0.4, 0.5) is 4.79 Å². The number of ether oxygens (including phenoxy) is 5. The molecule has 2 bridgehead atoms. The molecule has 58 heavy (non-hydrogen) atoms. The first-order valence-electron chi connectivity index (χ1n) is 19.3. The molecule has 15 nitrogen and oxygen atoms in total. The van der Waals surface area contributed by atoms with Crippen molar-refractivity contribution in [3.8, 4) is 0 Å². The van der Waals surface area contributed by atoms with Gasteiger partial charge in [0, 0.05) is 25.2 Å². The summed E-state index contributed by atoms with van der Waals surface area (Å²) in [5.41, 5.74) is -8.14. The lowest BCUT2D eigenvalue weighted by molar-refractivity contribution is -0.346. The van der Waals surface area contributed by atoms with Gasteiger partial charge < -0.3 is 49.4 Å². The highest BCUT2D eigenvalue weighted by Gasteiger charge is 2.78. The minimum absolute atomic E-state index is 0.0637. The molecule has 1 amide bonds. The number of alkyl carbamates (subject to hydrolysis) is 1. The number of hydrogen-bond acceptors (Lipinski definition) is 14. The van der Waals surface area contributed by atoms with Crippen LogP contribution < -0.4 is 5.32 Å². The first-order chi connectivity index (χ1) is 27.0. The Morgan fingerprint density at radius 1 is 0.948 bits per heavy atom. The molecule has 5 N–H and O–H groups in total. The van der Waals surface area contributed by atoms with Gasteiger partial charge in [-0.3, -0.25) is 9.59 Å². The molecule has 2 unspecified atom stereocenters. The van der Waals surface area contributed by atoms with Gasteiger partial charge in [-0.15, -0.1) is 0 Å². The van der Waals surface area contributed by atoms with Gasteiger partial charge in [0.25, 0.3) is 0 Å². The van der Waals surface area contributed by atoms with Gasteiger partial charge in [-0.25, -0.2) is 14.4 Å². The Labute approximate surface area is 336 Å². The summed E-state index contributed by atoms with van der Waals surface area (Å²) in [6.45, 7) is 11.8. The van der Waals surface area contributed by atoms with E-state index in [4.69, 9.17) is 23.7 Å². The monoisotopic (exact) mass is 807 g/mol. The number of esters is 3. The molecule has 11 atom stereocenters. The standard InChI is InChI=1S/C43H53NO14/c1-22-26(55-37(51)32(48)30(24-15-11-9-12-16-24)44-38(52)58-39(3,4)5)20-43(53)35(56-36(50)25-17-13-10-14-18-25)33-41(8,34(49)31(47)29(22)40(43,6)7)27(46)19-28-42(33,21-54-28)57-23(2)45/h9-18,26-28,30-33,35,46-48,53H,19-21H2,1-8H3,(H,44,52)/t26-,27-,28+,30?,31+,32?,33-,35-,41+,42-,43+/m1/s1. The van der Waals surface area contributed by atoms with Gasteiger partial charge in [0.2, 0.25) is 0 Å². The second kappa shape index (κ2) is 15.2. The molecule has 2 aromatic carbocycles. The third-order valence-electron chi connectivity index (χ3n) is 12.6. The summed E-state index contributed by atoms with van der Waals surface area (Å²) < 4.78 is 29.5.